The first kappa shape index (κ1) is 15.9. The molecule has 1 N–H and O–H groups in total. The van der Waals surface area contributed by atoms with Crippen LogP contribution in [0.4, 0.5) is 10.5 Å². The molecule has 1 saturated heterocycles. The number of hydrogen-bond acceptors (Lipinski definition) is 4. The molecule has 4 rings (SSSR count). The molecule has 1 atom stereocenters. The van der Waals surface area contributed by atoms with Crippen molar-refractivity contribution in [3.63, 3.8) is 0 Å². The molecule has 1 aromatic rings. The molecule has 0 radical (unpaired) electrons. The van der Waals surface area contributed by atoms with E-state index in [1.165, 1.54) is 0 Å². The monoisotopic (exact) mass is 339 g/mol. The number of hydrogen-bond donors (Lipinski definition) is 1. The molecular weight excluding hydrogens is 318 g/mol. The van der Waals surface area contributed by atoms with Gasteiger partial charge in [-0.1, -0.05) is 6.07 Å². The van der Waals surface area contributed by atoms with Crippen LogP contribution in [0.2, 0.25) is 0 Å². The van der Waals surface area contributed by atoms with E-state index < -0.39 is 0 Å². The Hall–Kier alpha value is -2.55. The lowest BCUT2D eigenvalue weighted by molar-refractivity contribution is -0.122. The van der Waals surface area contributed by atoms with E-state index in [0.29, 0.717) is 13.1 Å². The summed E-state index contributed by atoms with van der Waals surface area (Å²) in [6.45, 7) is 2.75. The van der Waals surface area contributed by atoms with Gasteiger partial charge in [0.1, 0.15) is 6.10 Å². The van der Waals surface area contributed by atoms with Gasteiger partial charge in [-0.3, -0.25) is 9.69 Å². The molecule has 0 aromatic heterocycles. The van der Waals surface area contributed by atoms with Crippen LogP contribution in [0.3, 0.4) is 0 Å². The van der Waals surface area contributed by atoms with Crippen molar-refractivity contribution in [1.29, 1.82) is 5.26 Å². The zero-order valence-electron chi connectivity index (χ0n) is 14.2. The topological polar surface area (TPSA) is 82.4 Å². The van der Waals surface area contributed by atoms with Gasteiger partial charge in [-0.05, 0) is 55.9 Å². The van der Waals surface area contributed by atoms with E-state index in [0.717, 1.165) is 42.5 Å². The highest BCUT2D eigenvalue weighted by molar-refractivity contribution is 5.90. The second-order valence-electron chi connectivity index (χ2n) is 7.33. The number of rotatable bonds is 5. The molecule has 3 aliphatic rings. The first-order valence-corrected chi connectivity index (χ1v) is 8.81. The summed E-state index contributed by atoms with van der Waals surface area (Å²) in [4.78, 5) is 25.5. The van der Waals surface area contributed by atoms with Gasteiger partial charge in [0.05, 0.1) is 24.6 Å². The molecule has 6 heteroatoms. The van der Waals surface area contributed by atoms with Crippen LogP contribution < -0.4 is 10.2 Å². The van der Waals surface area contributed by atoms with Crippen molar-refractivity contribution in [2.24, 2.45) is 5.92 Å². The quantitative estimate of drug-likeness (QED) is 0.893. The fraction of sp³-hybridized carbons (Fsp3) is 0.526. The van der Waals surface area contributed by atoms with Crippen molar-refractivity contribution in [1.82, 2.24) is 5.32 Å². The maximum Gasteiger partial charge on any atom is 0.414 e. The number of nitriles is 1. The predicted molar refractivity (Wildman–Crippen MR) is 91.1 cm³/mol. The van der Waals surface area contributed by atoms with Crippen molar-refractivity contribution < 1.29 is 14.3 Å². The van der Waals surface area contributed by atoms with Crippen molar-refractivity contribution in [3.05, 3.63) is 29.3 Å². The van der Waals surface area contributed by atoms with E-state index >= 15 is 0 Å². The SMILES string of the molecule is Cc1cc(N2CC(CNC(=O)C3CC3)OC2=O)ccc1C1(C#N)CC1. The molecule has 25 heavy (non-hydrogen) atoms. The summed E-state index contributed by atoms with van der Waals surface area (Å²) in [5.41, 5.74) is 2.52. The molecule has 2 amide bonds. The Kier molecular flexibility index (Phi) is 3.68. The summed E-state index contributed by atoms with van der Waals surface area (Å²) in [7, 11) is 0. The summed E-state index contributed by atoms with van der Waals surface area (Å²) in [6.07, 6.45) is 3.00. The fourth-order valence-corrected chi connectivity index (χ4v) is 3.46. The van der Waals surface area contributed by atoms with Gasteiger partial charge in [-0.15, -0.1) is 0 Å². The lowest BCUT2D eigenvalue weighted by atomic mass is 9.93. The van der Waals surface area contributed by atoms with Gasteiger partial charge in [0.25, 0.3) is 0 Å². The maximum atomic E-state index is 12.2. The van der Waals surface area contributed by atoms with Crippen LogP contribution >= 0.6 is 0 Å². The first-order valence-electron chi connectivity index (χ1n) is 8.81. The van der Waals surface area contributed by atoms with Gasteiger partial charge >= 0.3 is 6.09 Å². The van der Waals surface area contributed by atoms with Crippen molar-refractivity contribution in [2.45, 2.75) is 44.1 Å². The van der Waals surface area contributed by atoms with E-state index in [1.807, 2.05) is 25.1 Å². The fourth-order valence-electron chi connectivity index (χ4n) is 3.46. The Labute approximate surface area is 146 Å². The average molecular weight is 339 g/mol. The zero-order chi connectivity index (χ0) is 17.6. The summed E-state index contributed by atoms with van der Waals surface area (Å²) >= 11 is 0. The van der Waals surface area contributed by atoms with E-state index in [1.54, 1.807) is 4.90 Å². The smallest absolute Gasteiger partial charge is 0.414 e. The standard InChI is InChI=1S/C19H21N3O3/c1-12-8-14(4-5-16(12)19(11-20)6-7-19)22-10-15(25-18(22)24)9-21-17(23)13-2-3-13/h4-5,8,13,15H,2-3,6-7,9-10H2,1H3,(H,21,23). The second kappa shape index (κ2) is 5.76. The number of cyclic esters (lactones) is 1. The third-order valence-electron chi connectivity index (χ3n) is 5.33. The Bertz CT molecular complexity index is 775. The van der Waals surface area contributed by atoms with E-state index in [4.69, 9.17) is 4.74 Å². The minimum absolute atomic E-state index is 0.0564. The van der Waals surface area contributed by atoms with Gasteiger partial charge in [-0.2, -0.15) is 5.26 Å². The first-order chi connectivity index (χ1) is 12.0. The summed E-state index contributed by atoms with van der Waals surface area (Å²) in [6, 6.07) is 8.19. The third kappa shape index (κ3) is 2.95. The van der Waals surface area contributed by atoms with Crippen LogP contribution in [-0.2, 0) is 14.9 Å². The predicted octanol–water partition coefficient (Wildman–Crippen LogP) is 2.40. The highest BCUT2D eigenvalue weighted by Gasteiger charge is 2.46. The van der Waals surface area contributed by atoms with Crippen molar-refractivity contribution in [3.8, 4) is 6.07 Å². The summed E-state index contributed by atoms with van der Waals surface area (Å²) in [5.74, 6) is 0.208. The third-order valence-corrected chi connectivity index (χ3v) is 5.33. The average Bonchev–Trinajstić information content (AvgIpc) is 3.51. The number of amides is 2. The van der Waals surface area contributed by atoms with Gasteiger partial charge in [0.2, 0.25) is 5.91 Å². The molecule has 1 heterocycles. The van der Waals surface area contributed by atoms with Gasteiger partial charge in [0.15, 0.2) is 0 Å². The molecule has 0 bridgehead atoms. The van der Waals surface area contributed by atoms with Crippen LogP contribution in [0.5, 0.6) is 0 Å². The molecule has 1 aliphatic heterocycles. The molecule has 130 valence electrons. The van der Waals surface area contributed by atoms with E-state index in [2.05, 4.69) is 11.4 Å². The Morgan fingerprint density at radius 3 is 2.80 bits per heavy atom. The molecule has 3 fully saturated rings. The number of benzene rings is 1. The van der Waals surface area contributed by atoms with Crippen LogP contribution in [0.1, 0.15) is 36.8 Å². The molecule has 0 spiro atoms. The van der Waals surface area contributed by atoms with Crippen molar-refractivity contribution >= 4 is 17.7 Å². The van der Waals surface area contributed by atoms with Crippen LogP contribution in [0, 0.1) is 24.2 Å². The minimum Gasteiger partial charge on any atom is -0.442 e. The number of nitrogens with one attached hydrogen (secondary N) is 1. The number of ether oxygens (including phenoxy) is 1. The Morgan fingerprint density at radius 1 is 1.44 bits per heavy atom. The Balaban J connectivity index is 1.43. The number of anilines is 1. The molecule has 2 aliphatic carbocycles. The van der Waals surface area contributed by atoms with Crippen LogP contribution in [-0.4, -0.2) is 31.2 Å². The number of carbonyl (C=O) groups excluding carboxylic acids is 2. The maximum absolute atomic E-state index is 12.2. The number of aryl methyl sites for hydroxylation is 1. The van der Waals surface area contributed by atoms with Gasteiger partial charge < -0.3 is 10.1 Å². The second-order valence-corrected chi connectivity index (χ2v) is 7.33. The normalized spacial score (nSPS) is 23.8. The van der Waals surface area contributed by atoms with Crippen LogP contribution in [0.15, 0.2) is 18.2 Å². The number of carbonyl (C=O) groups is 2. The van der Waals surface area contributed by atoms with Crippen molar-refractivity contribution in [2.75, 3.05) is 18.0 Å². The summed E-state index contributed by atoms with van der Waals surface area (Å²) in [5, 5.41) is 12.2. The molecule has 6 nitrogen and oxygen atoms in total. The number of nitrogens with zero attached hydrogens (tertiary/aromatic N) is 2. The highest BCUT2D eigenvalue weighted by Crippen LogP contribution is 2.49. The lowest BCUT2D eigenvalue weighted by Gasteiger charge is -2.17. The molecule has 2 saturated carbocycles. The van der Waals surface area contributed by atoms with Gasteiger partial charge in [0, 0.05) is 11.6 Å². The van der Waals surface area contributed by atoms with Crippen LogP contribution in [0.25, 0.3) is 0 Å². The molecular formula is C19H21N3O3. The molecule has 1 aromatic carbocycles. The highest BCUT2D eigenvalue weighted by atomic mass is 16.6. The zero-order valence-corrected chi connectivity index (χ0v) is 14.2. The molecule has 1 unspecified atom stereocenters. The van der Waals surface area contributed by atoms with Gasteiger partial charge in [-0.25, -0.2) is 4.79 Å². The lowest BCUT2D eigenvalue weighted by Crippen LogP contribution is -2.35. The summed E-state index contributed by atoms with van der Waals surface area (Å²) < 4.78 is 5.37. The minimum atomic E-state index is -0.390. The largest absolute Gasteiger partial charge is 0.442 e. The van der Waals surface area contributed by atoms with E-state index in [-0.39, 0.29) is 29.4 Å². The van der Waals surface area contributed by atoms with E-state index in [9.17, 15) is 14.9 Å². The Morgan fingerprint density at radius 2 is 2.20 bits per heavy atom.